The van der Waals surface area contributed by atoms with Crippen LogP contribution in [0.3, 0.4) is 0 Å². The maximum Gasteiger partial charge on any atom is 0.228 e. The number of nitrogens with one attached hydrogen (secondary N) is 1. The molecule has 1 N–H and O–H groups in total. The third-order valence-corrected chi connectivity index (χ3v) is 5.83. The Labute approximate surface area is 177 Å². The molecule has 4 rings (SSSR count). The summed E-state index contributed by atoms with van der Waals surface area (Å²) in [5.74, 6) is 3.42. The lowest BCUT2D eigenvalue weighted by Gasteiger charge is -2.24. The Bertz CT molecular complexity index is 1030. The van der Waals surface area contributed by atoms with Gasteiger partial charge in [-0.3, -0.25) is 4.79 Å². The molecular formula is C24H28N4O2. The first-order valence-electron chi connectivity index (χ1n) is 10.5. The molecule has 0 saturated heterocycles. The average molecular weight is 405 g/mol. The van der Waals surface area contributed by atoms with Crippen molar-refractivity contribution in [2.75, 3.05) is 12.4 Å². The molecule has 2 aromatic carbocycles. The molecule has 1 aliphatic heterocycles. The Kier molecular flexibility index (Phi) is 5.84. The molecule has 156 valence electrons. The molecule has 0 aliphatic carbocycles. The number of hydrogen-bond donors (Lipinski definition) is 1. The Hall–Kier alpha value is -3.15. The Balaban J connectivity index is 1.38. The zero-order chi connectivity index (χ0) is 21.1. The van der Waals surface area contributed by atoms with Gasteiger partial charge >= 0.3 is 0 Å². The van der Waals surface area contributed by atoms with Crippen LogP contribution >= 0.6 is 0 Å². The number of methoxy groups -OCH3 is 1. The third-order valence-electron chi connectivity index (χ3n) is 5.83. The summed E-state index contributed by atoms with van der Waals surface area (Å²) in [7, 11) is 1.65. The molecule has 30 heavy (non-hydrogen) atoms. The first-order valence-corrected chi connectivity index (χ1v) is 10.5. The molecule has 0 spiro atoms. The summed E-state index contributed by atoms with van der Waals surface area (Å²) in [5, 5.41) is 11.6. The second kappa shape index (κ2) is 8.69. The van der Waals surface area contributed by atoms with Crippen LogP contribution in [0, 0.1) is 6.92 Å². The van der Waals surface area contributed by atoms with Crippen molar-refractivity contribution < 1.29 is 9.53 Å². The van der Waals surface area contributed by atoms with Crippen molar-refractivity contribution in [3.63, 3.8) is 0 Å². The lowest BCUT2D eigenvalue weighted by Crippen LogP contribution is -2.20. The monoisotopic (exact) mass is 404 g/mol. The summed E-state index contributed by atoms with van der Waals surface area (Å²) in [4.78, 5) is 12.5. The molecular weight excluding hydrogens is 376 g/mol. The SMILES string of the molecule is CCc1nnc2n1C[C@H](c1ccc(NC(=O)Cc3ccc(OC)c(C)c3)cc1)CC2. The molecule has 0 fully saturated rings. The van der Waals surface area contributed by atoms with Crippen molar-refractivity contribution in [3.8, 4) is 5.75 Å². The van der Waals surface area contributed by atoms with Crippen molar-refractivity contribution in [1.29, 1.82) is 0 Å². The maximum absolute atomic E-state index is 12.5. The minimum absolute atomic E-state index is 0.0216. The largest absolute Gasteiger partial charge is 0.496 e. The van der Waals surface area contributed by atoms with Crippen LogP contribution in [0.1, 0.15) is 47.6 Å². The van der Waals surface area contributed by atoms with Crippen molar-refractivity contribution in [2.45, 2.75) is 52.0 Å². The molecule has 2 heterocycles. The van der Waals surface area contributed by atoms with Crippen LogP contribution in [0.5, 0.6) is 5.75 Å². The zero-order valence-electron chi connectivity index (χ0n) is 17.8. The third kappa shape index (κ3) is 4.22. The van der Waals surface area contributed by atoms with E-state index in [1.807, 2.05) is 37.3 Å². The highest BCUT2D eigenvalue weighted by molar-refractivity contribution is 5.92. The molecule has 1 atom stereocenters. The lowest BCUT2D eigenvalue weighted by molar-refractivity contribution is -0.115. The smallest absolute Gasteiger partial charge is 0.228 e. The summed E-state index contributed by atoms with van der Waals surface area (Å²) in [5.41, 5.74) is 4.12. The van der Waals surface area contributed by atoms with Crippen LogP contribution in [-0.4, -0.2) is 27.8 Å². The van der Waals surface area contributed by atoms with E-state index in [4.69, 9.17) is 4.74 Å². The highest BCUT2D eigenvalue weighted by Gasteiger charge is 2.23. The topological polar surface area (TPSA) is 69.0 Å². The minimum atomic E-state index is -0.0216. The van der Waals surface area contributed by atoms with Crippen molar-refractivity contribution in [2.24, 2.45) is 0 Å². The number of carbonyl (C=O) groups excluding carboxylic acids is 1. The van der Waals surface area contributed by atoms with Gasteiger partial charge in [0, 0.05) is 31.0 Å². The Morgan fingerprint density at radius 2 is 2.00 bits per heavy atom. The zero-order valence-corrected chi connectivity index (χ0v) is 17.8. The van der Waals surface area contributed by atoms with E-state index in [9.17, 15) is 4.79 Å². The molecule has 1 aliphatic rings. The number of benzene rings is 2. The number of aromatic nitrogens is 3. The van der Waals surface area contributed by atoms with Gasteiger partial charge in [0.15, 0.2) is 0 Å². The van der Waals surface area contributed by atoms with Crippen LogP contribution in [-0.2, 0) is 30.6 Å². The fourth-order valence-corrected chi connectivity index (χ4v) is 4.20. The summed E-state index contributed by atoms with van der Waals surface area (Å²) in [6, 6.07) is 14.1. The summed E-state index contributed by atoms with van der Waals surface area (Å²) in [6.45, 7) is 5.02. The van der Waals surface area contributed by atoms with Crippen LogP contribution in [0.25, 0.3) is 0 Å². The molecule has 6 nitrogen and oxygen atoms in total. The molecule has 0 bridgehead atoms. The summed E-state index contributed by atoms with van der Waals surface area (Å²) in [6.07, 6.45) is 3.27. The standard InChI is InChI=1S/C24H28N4O2/c1-4-22-26-27-23-12-8-19(15-28(22)23)18-6-9-20(10-7-18)25-24(29)14-17-5-11-21(30-3)16(2)13-17/h5-7,9-11,13,19H,4,8,12,14-15H2,1-3H3,(H,25,29)/t19-/m1/s1. The van der Waals surface area contributed by atoms with E-state index in [1.54, 1.807) is 7.11 Å². The molecule has 0 radical (unpaired) electrons. The number of anilines is 1. The van der Waals surface area contributed by atoms with Gasteiger partial charge in [-0.05, 0) is 48.2 Å². The van der Waals surface area contributed by atoms with Crippen LogP contribution in [0.4, 0.5) is 5.69 Å². The Morgan fingerprint density at radius 1 is 1.20 bits per heavy atom. The summed E-state index contributed by atoms with van der Waals surface area (Å²) < 4.78 is 7.55. The van der Waals surface area contributed by atoms with Crippen molar-refractivity contribution in [3.05, 3.63) is 70.8 Å². The second-order valence-corrected chi connectivity index (χ2v) is 7.88. The van der Waals surface area contributed by atoms with Crippen LogP contribution in [0.15, 0.2) is 42.5 Å². The van der Waals surface area contributed by atoms with E-state index in [0.717, 1.165) is 60.0 Å². The normalized spacial score (nSPS) is 15.5. The number of hydrogen-bond acceptors (Lipinski definition) is 4. The van der Waals surface area contributed by atoms with Gasteiger partial charge in [-0.1, -0.05) is 31.2 Å². The van der Waals surface area contributed by atoms with Crippen LogP contribution in [0.2, 0.25) is 0 Å². The molecule has 0 unspecified atom stereocenters. The highest BCUT2D eigenvalue weighted by Crippen LogP contribution is 2.30. The van der Waals surface area contributed by atoms with Gasteiger partial charge in [0.05, 0.1) is 13.5 Å². The average Bonchev–Trinajstić information content (AvgIpc) is 3.16. The second-order valence-electron chi connectivity index (χ2n) is 7.88. The first-order chi connectivity index (χ1) is 14.6. The first kappa shape index (κ1) is 20.1. The number of carbonyl (C=O) groups is 1. The van der Waals surface area contributed by atoms with E-state index in [2.05, 4.69) is 39.1 Å². The molecule has 6 heteroatoms. The van der Waals surface area contributed by atoms with Crippen molar-refractivity contribution in [1.82, 2.24) is 14.8 Å². The van der Waals surface area contributed by atoms with E-state index in [0.29, 0.717) is 12.3 Å². The number of amides is 1. The number of rotatable bonds is 6. The van der Waals surface area contributed by atoms with Gasteiger partial charge < -0.3 is 14.6 Å². The lowest BCUT2D eigenvalue weighted by atomic mass is 9.91. The van der Waals surface area contributed by atoms with Crippen LogP contribution < -0.4 is 10.1 Å². The minimum Gasteiger partial charge on any atom is -0.496 e. The predicted molar refractivity (Wildman–Crippen MR) is 117 cm³/mol. The van der Waals surface area contributed by atoms with Gasteiger partial charge in [-0.2, -0.15) is 0 Å². The van der Waals surface area contributed by atoms with E-state index in [1.165, 1.54) is 5.56 Å². The fourth-order valence-electron chi connectivity index (χ4n) is 4.20. The van der Waals surface area contributed by atoms with E-state index >= 15 is 0 Å². The predicted octanol–water partition coefficient (Wildman–Crippen LogP) is 4.07. The molecule has 1 aromatic heterocycles. The van der Waals surface area contributed by atoms with Gasteiger partial charge in [0.2, 0.25) is 5.91 Å². The number of ether oxygens (including phenoxy) is 1. The Morgan fingerprint density at radius 3 is 2.70 bits per heavy atom. The molecule has 1 amide bonds. The highest BCUT2D eigenvalue weighted by atomic mass is 16.5. The fraction of sp³-hybridized carbons (Fsp3) is 0.375. The quantitative estimate of drug-likeness (QED) is 0.672. The molecule has 0 saturated carbocycles. The summed E-state index contributed by atoms with van der Waals surface area (Å²) >= 11 is 0. The van der Waals surface area contributed by atoms with Gasteiger partial charge in [0.25, 0.3) is 0 Å². The number of nitrogens with zero attached hydrogens (tertiary/aromatic N) is 3. The van der Waals surface area contributed by atoms with Gasteiger partial charge in [-0.25, -0.2) is 0 Å². The number of aryl methyl sites for hydroxylation is 3. The van der Waals surface area contributed by atoms with E-state index in [-0.39, 0.29) is 5.91 Å². The number of fused-ring (bicyclic) bond motifs is 1. The van der Waals surface area contributed by atoms with E-state index < -0.39 is 0 Å². The van der Waals surface area contributed by atoms with Crippen molar-refractivity contribution >= 4 is 11.6 Å². The van der Waals surface area contributed by atoms with Gasteiger partial charge in [-0.15, -0.1) is 10.2 Å². The maximum atomic E-state index is 12.5. The van der Waals surface area contributed by atoms with Gasteiger partial charge in [0.1, 0.15) is 17.4 Å². The molecule has 3 aromatic rings.